The molecule has 0 fully saturated rings. The van der Waals surface area contributed by atoms with Gasteiger partial charge in [-0.15, -0.1) is 0 Å². The molecule has 0 N–H and O–H groups in total. The van der Waals surface area contributed by atoms with Gasteiger partial charge in [-0.1, -0.05) is 42.1 Å². The normalized spacial score (nSPS) is 10.7. The highest BCUT2D eigenvalue weighted by molar-refractivity contribution is 8.00. The fourth-order valence-electron chi connectivity index (χ4n) is 3.00. The van der Waals surface area contributed by atoms with Crippen LogP contribution in [-0.4, -0.2) is 27.8 Å². The number of benzene rings is 2. The van der Waals surface area contributed by atoms with Crippen LogP contribution in [0.2, 0.25) is 0 Å². The fraction of sp³-hybridized carbons (Fsp3) is 0.227. The van der Waals surface area contributed by atoms with Gasteiger partial charge < -0.3 is 4.74 Å². The van der Waals surface area contributed by atoms with Gasteiger partial charge in [0.1, 0.15) is 5.75 Å². The lowest BCUT2D eigenvalue weighted by molar-refractivity contribution is 0.102. The first-order valence-corrected chi connectivity index (χ1v) is 10.1. The van der Waals surface area contributed by atoms with Crippen molar-refractivity contribution in [1.29, 1.82) is 0 Å². The minimum absolute atomic E-state index is 0.0852. The molecule has 2 aromatic carbocycles. The zero-order valence-electron chi connectivity index (χ0n) is 16.5. The number of hydrogen-bond acceptors (Lipinski definition) is 5. The molecule has 0 aliphatic heterocycles. The number of aromatic nitrogens is 2. The van der Waals surface area contributed by atoms with Crippen LogP contribution in [0.25, 0.3) is 0 Å². The van der Waals surface area contributed by atoms with E-state index in [1.807, 2.05) is 30.3 Å². The van der Waals surface area contributed by atoms with Crippen LogP contribution in [0.3, 0.4) is 0 Å². The molecule has 0 amide bonds. The van der Waals surface area contributed by atoms with E-state index in [1.54, 1.807) is 45.3 Å². The van der Waals surface area contributed by atoms with Crippen LogP contribution in [0.4, 0.5) is 0 Å². The average molecular weight is 410 g/mol. The van der Waals surface area contributed by atoms with Crippen LogP contribution in [0, 0.1) is 6.92 Å². The monoisotopic (exact) mass is 410 g/mol. The lowest BCUT2D eigenvalue weighted by atomic mass is 10.1. The minimum Gasteiger partial charge on any atom is -0.497 e. The maximum absolute atomic E-state index is 12.8. The molecule has 3 aromatic rings. The van der Waals surface area contributed by atoms with Gasteiger partial charge in [-0.2, -0.15) is 0 Å². The van der Waals surface area contributed by atoms with Crippen LogP contribution in [-0.2, 0) is 13.6 Å². The summed E-state index contributed by atoms with van der Waals surface area (Å²) in [4.78, 5) is 38.0. The molecule has 0 spiro atoms. The molecule has 150 valence electrons. The second kappa shape index (κ2) is 8.96. The summed E-state index contributed by atoms with van der Waals surface area (Å²) in [5.74, 6) is 0.718. The third kappa shape index (κ3) is 4.51. The number of ether oxygens (including phenoxy) is 1. The van der Waals surface area contributed by atoms with E-state index >= 15 is 0 Å². The summed E-state index contributed by atoms with van der Waals surface area (Å²) in [5.41, 5.74) is 1.15. The Labute approximate surface area is 172 Å². The number of ketones is 1. The first kappa shape index (κ1) is 20.7. The smallest absolute Gasteiger partial charge is 0.331 e. The summed E-state index contributed by atoms with van der Waals surface area (Å²) in [6.45, 7) is 1.90. The second-order valence-corrected chi connectivity index (χ2v) is 7.55. The molecule has 0 aliphatic carbocycles. The molecule has 6 nitrogen and oxygen atoms in total. The van der Waals surface area contributed by atoms with Crippen LogP contribution < -0.4 is 16.0 Å². The Kier molecular flexibility index (Phi) is 6.39. The van der Waals surface area contributed by atoms with Gasteiger partial charge in [-0.05, 0) is 36.8 Å². The highest BCUT2D eigenvalue weighted by atomic mass is 32.2. The SMILES string of the molecule is COc1ccc(C(=O)CSc2c(C)c(=O)n(Cc3ccccc3)c(=O)n2C)cc1. The van der Waals surface area contributed by atoms with E-state index < -0.39 is 5.69 Å². The van der Waals surface area contributed by atoms with Gasteiger partial charge >= 0.3 is 5.69 Å². The van der Waals surface area contributed by atoms with Gasteiger partial charge in [0.15, 0.2) is 5.78 Å². The first-order valence-electron chi connectivity index (χ1n) is 9.06. The minimum atomic E-state index is -0.399. The Morgan fingerprint density at radius 2 is 1.69 bits per heavy atom. The zero-order chi connectivity index (χ0) is 21.0. The van der Waals surface area contributed by atoms with Crippen molar-refractivity contribution < 1.29 is 9.53 Å². The molecule has 0 aliphatic rings. The van der Waals surface area contributed by atoms with Gasteiger partial charge in [0.25, 0.3) is 5.56 Å². The lowest BCUT2D eigenvalue weighted by Crippen LogP contribution is -2.41. The molecule has 3 rings (SSSR count). The lowest BCUT2D eigenvalue weighted by Gasteiger charge is -2.14. The molecule has 1 heterocycles. The van der Waals surface area contributed by atoms with Crippen molar-refractivity contribution in [3.8, 4) is 5.75 Å². The molecule has 0 saturated carbocycles. The Hall–Kier alpha value is -3.06. The molecule has 7 heteroatoms. The number of nitrogens with zero attached hydrogens (tertiary/aromatic N) is 2. The Balaban J connectivity index is 1.83. The standard InChI is InChI=1S/C22H22N2O4S/c1-15-20(26)24(13-16-7-5-4-6-8-16)22(27)23(2)21(15)29-14-19(25)17-9-11-18(28-3)12-10-17/h4-12H,13-14H2,1-3H3. The van der Waals surface area contributed by atoms with E-state index in [9.17, 15) is 14.4 Å². The van der Waals surface area contributed by atoms with Crippen LogP contribution in [0.5, 0.6) is 5.75 Å². The van der Waals surface area contributed by atoms with Crippen LogP contribution >= 0.6 is 11.8 Å². The second-order valence-electron chi connectivity index (χ2n) is 6.59. The van der Waals surface area contributed by atoms with E-state index in [2.05, 4.69) is 0 Å². The molecule has 0 unspecified atom stereocenters. The van der Waals surface area contributed by atoms with E-state index in [0.717, 1.165) is 5.56 Å². The summed E-state index contributed by atoms with van der Waals surface area (Å²) in [5, 5.41) is 0.506. The molecule has 0 radical (unpaired) electrons. The number of Topliss-reactive ketones (excluding diaryl/α,β-unsaturated/α-hetero) is 1. The molecular formula is C22H22N2O4S. The molecule has 0 atom stereocenters. The molecule has 1 aromatic heterocycles. The van der Waals surface area contributed by atoms with Crippen molar-refractivity contribution in [2.45, 2.75) is 18.5 Å². The summed E-state index contributed by atoms with van der Waals surface area (Å²) < 4.78 is 7.76. The number of methoxy groups -OCH3 is 1. The first-order chi connectivity index (χ1) is 13.9. The van der Waals surface area contributed by atoms with E-state index in [0.29, 0.717) is 21.9 Å². The highest BCUT2D eigenvalue weighted by Gasteiger charge is 2.16. The topological polar surface area (TPSA) is 70.3 Å². The van der Waals surface area contributed by atoms with Gasteiger partial charge in [0.2, 0.25) is 0 Å². The third-order valence-corrected chi connectivity index (χ3v) is 5.90. The number of carbonyl (C=O) groups is 1. The van der Waals surface area contributed by atoms with E-state index in [1.165, 1.54) is 20.9 Å². The summed E-state index contributed by atoms with van der Waals surface area (Å²) in [6, 6.07) is 16.2. The number of hydrogen-bond donors (Lipinski definition) is 0. The largest absolute Gasteiger partial charge is 0.497 e. The van der Waals surface area contributed by atoms with Crippen LogP contribution in [0.15, 0.2) is 69.2 Å². The average Bonchev–Trinajstić information content (AvgIpc) is 2.76. The summed E-state index contributed by atoms with van der Waals surface area (Å²) in [7, 11) is 3.19. The van der Waals surface area contributed by atoms with E-state index in [4.69, 9.17) is 4.74 Å². The maximum atomic E-state index is 12.8. The van der Waals surface area contributed by atoms with Crippen molar-refractivity contribution in [2.24, 2.45) is 7.05 Å². The highest BCUT2D eigenvalue weighted by Crippen LogP contribution is 2.20. The summed E-state index contributed by atoms with van der Waals surface area (Å²) in [6.07, 6.45) is 0. The predicted molar refractivity (Wildman–Crippen MR) is 114 cm³/mol. The maximum Gasteiger partial charge on any atom is 0.331 e. The van der Waals surface area contributed by atoms with Gasteiger partial charge in [0.05, 0.1) is 24.4 Å². The molecule has 0 bridgehead atoms. The number of rotatable bonds is 7. The van der Waals surface area contributed by atoms with Crippen molar-refractivity contribution >= 4 is 17.5 Å². The van der Waals surface area contributed by atoms with E-state index in [-0.39, 0.29) is 23.6 Å². The van der Waals surface area contributed by atoms with Gasteiger partial charge in [-0.3, -0.25) is 18.7 Å². The molecule has 29 heavy (non-hydrogen) atoms. The fourth-order valence-corrected chi connectivity index (χ4v) is 4.01. The molecular weight excluding hydrogens is 388 g/mol. The Morgan fingerprint density at radius 1 is 1.03 bits per heavy atom. The van der Waals surface area contributed by atoms with Crippen molar-refractivity contribution in [3.05, 3.63) is 92.1 Å². The molecule has 0 saturated heterocycles. The number of thioether (sulfide) groups is 1. The van der Waals surface area contributed by atoms with Crippen molar-refractivity contribution in [3.63, 3.8) is 0 Å². The van der Waals surface area contributed by atoms with Gasteiger partial charge in [0, 0.05) is 18.2 Å². The van der Waals surface area contributed by atoms with Crippen molar-refractivity contribution in [2.75, 3.05) is 12.9 Å². The van der Waals surface area contributed by atoms with Crippen LogP contribution in [0.1, 0.15) is 21.5 Å². The third-order valence-electron chi connectivity index (χ3n) is 4.64. The predicted octanol–water partition coefficient (Wildman–Crippen LogP) is 2.89. The van der Waals surface area contributed by atoms with Gasteiger partial charge in [-0.25, -0.2) is 4.79 Å². The Morgan fingerprint density at radius 3 is 2.31 bits per heavy atom. The number of carbonyl (C=O) groups excluding carboxylic acids is 1. The Bertz CT molecular complexity index is 1100. The summed E-state index contributed by atoms with van der Waals surface area (Å²) >= 11 is 1.20. The van der Waals surface area contributed by atoms with Crippen molar-refractivity contribution in [1.82, 2.24) is 9.13 Å². The quantitative estimate of drug-likeness (QED) is 0.340. The zero-order valence-corrected chi connectivity index (χ0v) is 17.4.